The molecule has 0 bridgehead atoms. The van der Waals surface area contributed by atoms with Crippen LogP contribution >= 0.6 is 0 Å². The molecule has 0 aromatic heterocycles. The van der Waals surface area contributed by atoms with Crippen LogP contribution in [0.3, 0.4) is 0 Å². The van der Waals surface area contributed by atoms with Gasteiger partial charge in [0.25, 0.3) is 0 Å². The van der Waals surface area contributed by atoms with Gasteiger partial charge in [-0.15, -0.1) is 0 Å². The summed E-state index contributed by atoms with van der Waals surface area (Å²) in [5.41, 5.74) is 1.10. The minimum Gasteiger partial charge on any atom is -0.460 e. The standard InChI is InChI=1S/C22H34O3/c1-2-3-4-5-6-7-8-9-13-16-20-17-21(22(23)25-20)24-18-19-14-11-10-12-15-19/h10-12,14-15,20-21H,2-9,13,16-18H2,1H3. The molecule has 1 saturated heterocycles. The van der Waals surface area contributed by atoms with Gasteiger partial charge < -0.3 is 9.47 Å². The van der Waals surface area contributed by atoms with E-state index in [1.54, 1.807) is 0 Å². The van der Waals surface area contributed by atoms with E-state index in [0.717, 1.165) is 18.4 Å². The van der Waals surface area contributed by atoms with Gasteiger partial charge in [-0.3, -0.25) is 0 Å². The lowest BCUT2D eigenvalue weighted by molar-refractivity contribution is -0.150. The van der Waals surface area contributed by atoms with Crippen LogP contribution in [0.5, 0.6) is 0 Å². The van der Waals surface area contributed by atoms with Crippen molar-refractivity contribution in [2.24, 2.45) is 0 Å². The Bertz CT molecular complexity index is 471. The fourth-order valence-electron chi connectivity index (χ4n) is 3.39. The Morgan fingerprint density at radius 2 is 1.60 bits per heavy atom. The second-order valence-electron chi connectivity index (χ2n) is 7.20. The van der Waals surface area contributed by atoms with Crippen LogP contribution in [0.15, 0.2) is 30.3 Å². The monoisotopic (exact) mass is 346 g/mol. The van der Waals surface area contributed by atoms with E-state index in [-0.39, 0.29) is 18.2 Å². The molecule has 0 N–H and O–H groups in total. The minimum atomic E-state index is -0.385. The van der Waals surface area contributed by atoms with E-state index in [0.29, 0.717) is 13.0 Å². The summed E-state index contributed by atoms with van der Waals surface area (Å²) in [6.45, 7) is 2.73. The lowest BCUT2D eigenvalue weighted by atomic mass is 10.0. The van der Waals surface area contributed by atoms with E-state index in [1.165, 1.54) is 51.4 Å². The highest BCUT2D eigenvalue weighted by atomic mass is 16.6. The van der Waals surface area contributed by atoms with Crippen molar-refractivity contribution in [1.82, 2.24) is 0 Å². The molecule has 1 aliphatic heterocycles. The number of cyclic esters (lactones) is 1. The van der Waals surface area contributed by atoms with Crippen LogP contribution in [0, 0.1) is 0 Å². The van der Waals surface area contributed by atoms with Crippen LogP contribution in [-0.4, -0.2) is 18.2 Å². The van der Waals surface area contributed by atoms with Crippen LogP contribution in [0.2, 0.25) is 0 Å². The molecule has 0 amide bonds. The maximum atomic E-state index is 11.9. The highest BCUT2D eigenvalue weighted by molar-refractivity contribution is 5.76. The molecule has 0 radical (unpaired) electrons. The highest BCUT2D eigenvalue weighted by Crippen LogP contribution is 2.23. The summed E-state index contributed by atoms with van der Waals surface area (Å²) in [5, 5.41) is 0. The van der Waals surface area contributed by atoms with Gasteiger partial charge in [-0.25, -0.2) is 4.79 Å². The highest BCUT2D eigenvalue weighted by Gasteiger charge is 2.34. The smallest absolute Gasteiger partial charge is 0.335 e. The van der Waals surface area contributed by atoms with Crippen LogP contribution < -0.4 is 0 Å². The molecule has 2 rings (SSSR count). The summed E-state index contributed by atoms with van der Waals surface area (Å²) in [5.74, 6) is -0.183. The third kappa shape index (κ3) is 8.04. The first-order chi connectivity index (χ1) is 12.3. The van der Waals surface area contributed by atoms with Gasteiger partial charge in [-0.05, 0) is 18.4 Å². The van der Waals surface area contributed by atoms with Crippen LogP contribution in [0.1, 0.15) is 83.1 Å². The van der Waals surface area contributed by atoms with Gasteiger partial charge in [0, 0.05) is 6.42 Å². The quantitative estimate of drug-likeness (QED) is 0.334. The zero-order chi connectivity index (χ0) is 17.7. The third-order valence-corrected chi connectivity index (χ3v) is 4.95. The number of hydrogen-bond acceptors (Lipinski definition) is 3. The number of ether oxygens (including phenoxy) is 2. The molecule has 1 heterocycles. The van der Waals surface area contributed by atoms with Crippen molar-refractivity contribution in [2.45, 2.75) is 96.4 Å². The minimum absolute atomic E-state index is 0.0535. The molecular formula is C22H34O3. The summed E-state index contributed by atoms with van der Waals surface area (Å²) in [6, 6.07) is 9.98. The Morgan fingerprint density at radius 1 is 0.960 bits per heavy atom. The van der Waals surface area contributed by atoms with Gasteiger partial charge >= 0.3 is 5.97 Å². The fourth-order valence-corrected chi connectivity index (χ4v) is 3.39. The second-order valence-corrected chi connectivity index (χ2v) is 7.20. The van der Waals surface area contributed by atoms with Crippen molar-refractivity contribution < 1.29 is 14.3 Å². The molecule has 3 heteroatoms. The SMILES string of the molecule is CCCCCCCCCCCC1CC(OCc2ccccc2)C(=O)O1. The molecule has 0 spiro atoms. The normalized spacial score (nSPS) is 20.0. The maximum absolute atomic E-state index is 11.9. The molecule has 1 fully saturated rings. The van der Waals surface area contributed by atoms with Crippen molar-refractivity contribution in [3.63, 3.8) is 0 Å². The first-order valence-electron chi connectivity index (χ1n) is 10.2. The maximum Gasteiger partial charge on any atom is 0.335 e. The lowest BCUT2D eigenvalue weighted by Crippen LogP contribution is -2.18. The van der Waals surface area contributed by atoms with Crippen molar-refractivity contribution in [3.8, 4) is 0 Å². The predicted molar refractivity (Wildman–Crippen MR) is 101 cm³/mol. The summed E-state index contributed by atoms with van der Waals surface area (Å²) in [6.07, 6.45) is 13.2. The Balaban J connectivity index is 1.50. The van der Waals surface area contributed by atoms with E-state index < -0.39 is 0 Å². The zero-order valence-electron chi connectivity index (χ0n) is 15.8. The van der Waals surface area contributed by atoms with Crippen molar-refractivity contribution in [3.05, 3.63) is 35.9 Å². The average Bonchev–Trinajstić information content (AvgIpc) is 2.99. The Kier molecular flexibility index (Phi) is 9.65. The summed E-state index contributed by atoms with van der Waals surface area (Å²) < 4.78 is 11.2. The van der Waals surface area contributed by atoms with Gasteiger partial charge in [0.1, 0.15) is 6.10 Å². The van der Waals surface area contributed by atoms with Crippen LogP contribution in [-0.2, 0) is 20.9 Å². The largest absolute Gasteiger partial charge is 0.460 e. The number of hydrogen-bond donors (Lipinski definition) is 0. The van der Waals surface area contributed by atoms with Gasteiger partial charge in [-0.2, -0.15) is 0 Å². The van der Waals surface area contributed by atoms with E-state index in [1.807, 2.05) is 30.3 Å². The first-order valence-corrected chi connectivity index (χ1v) is 10.2. The Labute approximate surface area is 153 Å². The summed E-state index contributed by atoms with van der Waals surface area (Å²) in [4.78, 5) is 11.9. The molecule has 1 aromatic rings. The molecule has 0 aliphatic carbocycles. The Morgan fingerprint density at radius 3 is 2.28 bits per heavy atom. The van der Waals surface area contributed by atoms with Crippen molar-refractivity contribution >= 4 is 5.97 Å². The third-order valence-electron chi connectivity index (χ3n) is 4.95. The predicted octanol–water partition coefficient (Wildman–Crippen LogP) is 5.81. The second kappa shape index (κ2) is 12.1. The molecule has 3 nitrogen and oxygen atoms in total. The number of benzene rings is 1. The molecule has 2 atom stereocenters. The average molecular weight is 347 g/mol. The fraction of sp³-hybridized carbons (Fsp3) is 0.682. The summed E-state index contributed by atoms with van der Waals surface area (Å²) in [7, 11) is 0. The number of rotatable bonds is 13. The van der Waals surface area contributed by atoms with E-state index in [9.17, 15) is 4.79 Å². The molecule has 1 aliphatic rings. The van der Waals surface area contributed by atoms with E-state index in [4.69, 9.17) is 9.47 Å². The van der Waals surface area contributed by atoms with Gasteiger partial charge in [0.2, 0.25) is 0 Å². The Hall–Kier alpha value is -1.35. The van der Waals surface area contributed by atoms with Crippen LogP contribution in [0.4, 0.5) is 0 Å². The van der Waals surface area contributed by atoms with Gasteiger partial charge in [0.15, 0.2) is 6.10 Å². The van der Waals surface area contributed by atoms with Crippen LogP contribution in [0.25, 0.3) is 0 Å². The molecular weight excluding hydrogens is 312 g/mol. The number of esters is 1. The molecule has 1 aromatic carbocycles. The zero-order valence-corrected chi connectivity index (χ0v) is 15.8. The number of carbonyl (C=O) groups excluding carboxylic acids is 1. The molecule has 140 valence electrons. The van der Waals surface area contributed by atoms with Crippen molar-refractivity contribution in [2.75, 3.05) is 0 Å². The van der Waals surface area contributed by atoms with Gasteiger partial charge in [-0.1, -0.05) is 88.6 Å². The van der Waals surface area contributed by atoms with E-state index >= 15 is 0 Å². The molecule has 0 saturated carbocycles. The number of unbranched alkanes of at least 4 members (excludes halogenated alkanes) is 8. The molecule has 25 heavy (non-hydrogen) atoms. The summed E-state index contributed by atoms with van der Waals surface area (Å²) >= 11 is 0. The number of carbonyl (C=O) groups is 1. The van der Waals surface area contributed by atoms with E-state index in [2.05, 4.69) is 6.92 Å². The topological polar surface area (TPSA) is 35.5 Å². The first kappa shape index (κ1) is 20.0. The van der Waals surface area contributed by atoms with Gasteiger partial charge in [0.05, 0.1) is 6.61 Å². The molecule has 2 unspecified atom stereocenters. The lowest BCUT2D eigenvalue weighted by Gasteiger charge is -2.09. The van der Waals surface area contributed by atoms with Crippen molar-refractivity contribution in [1.29, 1.82) is 0 Å².